The van der Waals surface area contributed by atoms with Gasteiger partial charge in [-0.3, -0.25) is 4.79 Å². The fourth-order valence-corrected chi connectivity index (χ4v) is 3.02. The minimum absolute atomic E-state index is 0.165. The minimum atomic E-state index is -0.908. The molecule has 4 aromatic rings. The standard InChI is InChI=1S/C19H13F2N5O/c1-9-23-4-10(5-24-9)12-7-26-19-15(11(8-27)6-25-19)16(12)17-13(20)2-3-14(22)18(17)21/h2-8H,22H2,1H3,(H,25,26). The Labute approximate surface area is 152 Å². The topological polar surface area (TPSA) is 97.5 Å². The van der Waals surface area contributed by atoms with Gasteiger partial charge in [-0.05, 0) is 19.1 Å². The minimum Gasteiger partial charge on any atom is -0.396 e. The van der Waals surface area contributed by atoms with Crippen molar-refractivity contribution in [2.45, 2.75) is 6.92 Å². The van der Waals surface area contributed by atoms with Crippen LogP contribution < -0.4 is 5.73 Å². The summed E-state index contributed by atoms with van der Waals surface area (Å²) in [6, 6.07) is 2.24. The largest absolute Gasteiger partial charge is 0.396 e. The first kappa shape index (κ1) is 16.8. The van der Waals surface area contributed by atoms with Crippen LogP contribution in [-0.2, 0) is 0 Å². The number of pyridine rings is 1. The number of aryl methyl sites for hydroxylation is 1. The highest BCUT2D eigenvalue weighted by Gasteiger charge is 2.23. The van der Waals surface area contributed by atoms with Crippen molar-refractivity contribution < 1.29 is 13.6 Å². The lowest BCUT2D eigenvalue weighted by molar-refractivity contribution is 0.112. The Morgan fingerprint density at radius 2 is 1.81 bits per heavy atom. The van der Waals surface area contributed by atoms with Crippen LogP contribution in [0, 0.1) is 18.6 Å². The average molecular weight is 365 g/mol. The third kappa shape index (κ3) is 2.62. The maximum absolute atomic E-state index is 14.9. The lowest BCUT2D eigenvalue weighted by atomic mass is 9.92. The van der Waals surface area contributed by atoms with Crippen LogP contribution in [0.15, 0.2) is 36.9 Å². The molecule has 6 nitrogen and oxygen atoms in total. The molecule has 0 atom stereocenters. The lowest BCUT2D eigenvalue weighted by Crippen LogP contribution is -2.00. The fraction of sp³-hybridized carbons (Fsp3) is 0.0526. The molecule has 27 heavy (non-hydrogen) atoms. The second-order valence-electron chi connectivity index (χ2n) is 5.98. The molecule has 0 saturated carbocycles. The van der Waals surface area contributed by atoms with Gasteiger partial charge in [0.15, 0.2) is 12.1 Å². The number of carbonyl (C=O) groups excluding carboxylic acids is 1. The van der Waals surface area contributed by atoms with Gasteiger partial charge in [-0.15, -0.1) is 0 Å². The first-order valence-corrected chi connectivity index (χ1v) is 7.99. The predicted molar refractivity (Wildman–Crippen MR) is 97.0 cm³/mol. The van der Waals surface area contributed by atoms with Gasteiger partial charge in [0.05, 0.1) is 11.3 Å². The number of halogens is 2. The molecule has 0 unspecified atom stereocenters. The van der Waals surface area contributed by atoms with Crippen LogP contribution in [0.5, 0.6) is 0 Å². The second-order valence-corrected chi connectivity index (χ2v) is 5.98. The van der Waals surface area contributed by atoms with Gasteiger partial charge < -0.3 is 10.7 Å². The molecule has 4 rings (SSSR count). The van der Waals surface area contributed by atoms with Crippen LogP contribution in [0.1, 0.15) is 16.2 Å². The van der Waals surface area contributed by atoms with Crippen LogP contribution in [0.25, 0.3) is 33.3 Å². The Morgan fingerprint density at radius 3 is 2.52 bits per heavy atom. The van der Waals surface area contributed by atoms with Crippen molar-refractivity contribution in [2.75, 3.05) is 5.73 Å². The molecule has 3 N–H and O–H groups in total. The Morgan fingerprint density at radius 1 is 1.07 bits per heavy atom. The average Bonchev–Trinajstić information content (AvgIpc) is 3.09. The smallest absolute Gasteiger partial charge is 0.156 e. The highest BCUT2D eigenvalue weighted by Crippen LogP contribution is 2.41. The van der Waals surface area contributed by atoms with Crippen LogP contribution in [0.2, 0.25) is 0 Å². The van der Waals surface area contributed by atoms with Gasteiger partial charge in [0.2, 0.25) is 0 Å². The number of aldehydes is 1. The van der Waals surface area contributed by atoms with E-state index in [4.69, 9.17) is 5.73 Å². The number of benzene rings is 1. The zero-order valence-corrected chi connectivity index (χ0v) is 14.1. The molecule has 8 heteroatoms. The monoisotopic (exact) mass is 365 g/mol. The van der Waals surface area contributed by atoms with E-state index < -0.39 is 11.6 Å². The van der Waals surface area contributed by atoms with E-state index >= 15 is 0 Å². The van der Waals surface area contributed by atoms with E-state index in [2.05, 4.69) is 19.9 Å². The van der Waals surface area contributed by atoms with E-state index in [1.807, 2.05) is 0 Å². The molecule has 134 valence electrons. The van der Waals surface area contributed by atoms with E-state index in [-0.39, 0.29) is 22.4 Å². The SMILES string of the molecule is Cc1ncc(-c2cnc3[nH]cc(C=O)c3c2-c2c(F)ccc(N)c2F)cn1. The number of carbonyl (C=O) groups is 1. The van der Waals surface area contributed by atoms with Crippen molar-refractivity contribution in [1.82, 2.24) is 19.9 Å². The highest BCUT2D eigenvalue weighted by atomic mass is 19.1. The van der Waals surface area contributed by atoms with Crippen molar-refractivity contribution in [1.29, 1.82) is 0 Å². The molecule has 0 bridgehead atoms. The number of aromatic nitrogens is 4. The van der Waals surface area contributed by atoms with Gasteiger partial charge in [-0.25, -0.2) is 23.7 Å². The molecule has 0 radical (unpaired) electrons. The summed E-state index contributed by atoms with van der Waals surface area (Å²) in [6.45, 7) is 1.72. The van der Waals surface area contributed by atoms with Crippen molar-refractivity contribution in [3.05, 3.63) is 59.9 Å². The number of hydrogen-bond donors (Lipinski definition) is 2. The van der Waals surface area contributed by atoms with Gasteiger partial charge in [-0.1, -0.05) is 0 Å². The molecule has 0 aliphatic rings. The number of fused-ring (bicyclic) bond motifs is 1. The van der Waals surface area contributed by atoms with Gasteiger partial charge in [0, 0.05) is 52.4 Å². The zero-order valence-electron chi connectivity index (χ0n) is 14.1. The van der Waals surface area contributed by atoms with Gasteiger partial charge in [0.25, 0.3) is 0 Å². The summed E-state index contributed by atoms with van der Waals surface area (Å²) in [5.41, 5.74) is 6.73. The summed E-state index contributed by atoms with van der Waals surface area (Å²) in [5.74, 6) is -1.16. The van der Waals surface area contributed by atoms with Crippen molar-refractivity contribution in [2.24, 2.45) is 0 Å². The van der Waals surface area contributed by atoms with E-state index in [0.717, 1.165) is 12.1 Å². The highest BCUT2D eigenvalue weighted by molar-refractivity contribution is 6.09. The Bertz CT molecular complexity index is 1190. The van der Waals surface area contributed by atoms with E-state index in [1.54, 1.807) is 6.92 Å². The third-order valence-corrected chi connectivity index (χ3v) is 4.32. The van der Waals surface area contributed by atoms with Crippen LogP contribution in [0.4, 0.5) is 14.5 Å². The number of rotatable bonds is 3. The molecule has 0 fully saturated rings. The van der Waals surface area contributed by atoms with Crippen molar-refractivity contribution in [3.8, 4) is 22.3 Å². The number of H-pyrrole nitrogens is 1. The second kappa shape index (κ2) is 6.24. The van der Waals surface area contributed by atoms with Crippen molar-refractivity contribution >= 4 is 23.0 Å². The van der Waals surface area contributed by atoms with Crippen LogP contribution >= 0.6 is 0 Å². The molecule has 0 spiro atoms. The maximum atomic E-state index is 14.9. The Kier molecular flexibility index (Phi) is 3.88. The maximum Gasteiger partial charge on any atom is 0.156 e. The number of nitrogens with zero attached hydrogens (tertiary/aromatic N) is 3. The van der Waals surface area contributed by atoms with Crippen LogP contribution in [-0.4, -0.2) is 26.2 Å². The number of aromatic amines is 1. The van der Waals surface area contributed by atoms with Gasteiger partial charge in [-0.2, -0.15) is 0 Å². The molecule has 3 heterocycles. The number of nitrogens with two attached hydrogens (primary N) is 1. The molecule has 0 amide bonds. The molecule has 1 aromatic carbocycles. The molecule has 0 saturated heterocycles. The Balaban J connectivity index is 2.18. The first-order chi connectivity index (χ1) is 13.0. The van der Waals surface area contributed by atoms with E-state index in [1.165, 1.54) is 24.8 Å². The van der Waals surface area contributed by atoms with Crippen LogP contribution in [0.3, 0.4) is 0 Å². The number of nitrogens with one attached hydrogen (secondary N) is 1. The summed E-state index contributed by atoms with van der Waals surface area (Å²) in [7, 11) is 0. The summed E-state index contributed by atoms with van der Waals surface area (Å²) in [4.78, 5) is 26.9. The van der Waals surface area contributed by atoms with Gasteiger partial charge >= 0.3 is 0 Å². The molecular formula is C19H13F2N5O. The summed E-state index contributed by atoms with van der Waals surface area (Å²) < 4.78 is 29.6. The van der Waals surface area contributed by atoms with E-state index in [0.29, 0.717) is 34.3 Å². The fourth-order valence-electron chi connectivity index (χ4n) is 3.02. The number of anilines is 1. The lowest BCUT2D eigenvalue weighted by Gasteiger charge is -2.14. The summed E-state index contributed by atoms with van der Waals surface area (Å²) in [6.07, 6.45) is 6.56. The third-order valence-electron chi connectivity index (χ3n) is 4.32. The van der Waals surface area contributed by atoms with E-state index in [9.17, 15) is 13.6 Å². The molecule has 0 aliphatic carbocycles. The quantitative estimate of drug-likeness (QED) is 0.426. The molecular weight excluding hydrogens is 352 g/mol. The normalized spacial score (nSPS) is 11.1. The zero-order chi connectivity index (χ0) is 19.1. The number of hydrogen-bond acceptors (Lipinski definition) is 5. The number of nitrogen functional groups attached to an aromatic ring is 1. The summed E-state index contributed by atoms with van der Waals surface area (Å²) >= 11 is 0. The van der Waals surface area contributed by atoms with Crippen molar-refractivity contribution in [3.63, 3.8) is 0 Å². The molecule has 3 aromatic heterocycles. The Hall–Kier alpha value is -3.68. The predicted octanol–water partition coefficient (Wildman–Crippen LogP) is 3.67. The summed E-state index contributed by atoms with van der Waals surface area (Å²) in [5, 5.41) is 0.298. The first-order valence-electron chi connectivity index (χ1n) is 7.99. The molecule has 0 aliphatic heterocycles. The van der Waals surface area contributed by atoms with Gasteiger partial charge in [0.1, 0.15) is 17.3 Å².